The standard InChI is InChI=1S/C9H11ClF3N3O/c10-7-2-1-6(14)8(16-7)15-3-4-17-5-9(11,12)13/h1-2H,3-5,14H2,(H,15,16). The Labute approximate surface area is 101 Å². The number of hydrogen-bond acceptors (Lipinski definition) is 4. The van der Waals surface area contributed by atoms with E-state index in [4.69, 9.17) is 17.3 Å². The third-order valence-corrected chi connectivity index (χ3v) is 1.91. The minimum Gasteiger partial charge on any atom is -0.396 e. The Kier molecular flexibility index (Phi) is 4.83. The van der Waals surface area contributed by atoms with Gasteiger partial charge in [-0.2, -0.15) is 13.2 Å². The second-order valence-electron chi connectivity index (χ2n) is 3.17. The van der Waals surface area contributed by atoms with Crippen LogP contribution in [0.2, 0.25) is 5.15 Å². The first-order chi connectivity index (χ1) is 7.88. The van der Waals surface area contributed by atoms with E-state index in [9.17, 15) is 13.2 Å². The van der Waals surface area contributed by atoms with Gasteiger partial charge in [0.2, 0.25) is 0 Å². The Morgan fingerprint density at radius 1 is 1.41 bits per heavy atom. The van der Waals surface area contributed by atoms with E-state index >= 15 is 0 Å². The highest BCUT2D eigenvalue weighted by Crippen LogP contribution is 2.18. The number of rotatable bonds is 5. The molecule has 1 aromatic heterocycles. The van der Waals surface area contributed by atoms with Gasteiger partial charge in [0, 0.05) is 6.54 Å². The van der Waals surface area contributed by atoms with Crippen molar-refractivity contribution < 1.29 is 17.9 Å². The number of ether oxygens (including phenoxy) is 1. The highest BCUT2D eigenvalue weighted by molar-refractivity contribution is 6.29. The highest BCUT2D eigenvalue weighted by Gasteiger charge is 2.27. The number of nitrogens with two attached hydrogens (primary N) is 1. The summed E-state index contributed by atoms with van der Waals surface area (Å²) in [5.74, 6) is 0.327. The van der Waals surface area contributed by atoms with Crippen molar-refractivity contribution in [1.29, 1.82) is 0 Å². The van der Waals surface area contributed by atoms with Gasteiger partial charge in [0.1, 0.15) is 11.8 Å². The lowest BCUT2D eigenvalue weighted by Crippen LogP contribution is -2.20. The monoisotopic (exact) mass is 269 g/mol. The topological polar surface area (TPSA) is 60.2 Å². The summed E-state index contributed by atoms with van der Waals surface area (Å²) in [6, 6.07) is 3.07. The zero-order chi connectivity index (χ0) is 12.9. The number of nitrogens with zero attached hydrogens (tertiary/aromatic N) is 1. The highest BCUT2D eigenvalue weighted by atomic mass is 35.5. The van der Waals surface area contributed by atoms with Gasteiger partial charge in [-0.1, -0.05) is 11.6 Å². The fourth-order valence-electron chi connectivity index (χ4n) is 1.02. The number of hydrogen-bond donors (Lipinski definition) is 2. The zero-order valence-corrected chi connectivity index (χ0v) is 9.48. The van der Waals surface area contributed by atoms with Crippen LogP contribution in [0.25, 0.3) is 0 Å². The van der Waals surface area contributed by atoms with Gasteiger partial charge in [-0.15, -0.1) is 0 Å². The number of aromatic nitrogens is 1. The second kappa shape index (κ2) is 5.92. The van der Waals surface area contributed by atoms with Crippen molar-refractivity contribution in [2.45, 2.75) is 6.18 Å². The van der Waals surface area contributed by atoms with Gasteiger partial charge in [-0.25, -0.2) is 4.98 Å². The summed E-state index contributed by atoms with van der Waals surface area (Å²) in [5.41, 5.74) is 5.93. The van der Waals surface area contributed by atoms with Gasteiger partial charge >= 0.3 is 6.18 Å². The lowest BCUT2D eigenvalue weighted by molar-refractivity contribution is -0.172. The predicted octanol–water partition coefficient (Wildman–Crippen LogP) is 2.31. The summed E-state index contributed by atoms with van der Waals surface area (Å²) in [5, 5.41) is 2.98. The predicted molar refractivity (Wildman–Crippen MR) is 59.0 cm³/mol. The maximum Gasteiger partial charge on any atom is 0.411 e. The Hall–Kier alpha value is -1.21. The van der Waals surface area contributed by atoms with Gasteiger partial charge in [0.05, 0.1) is 12.3 Å². The van der Waals surface area contributed by atoms with Crippen LogP contribution in [-0.2, 0) is 4.74 Å². The number of halogens is 4. The van der Waals surface area contributed by atoms with Crippen molar-refractivity contribution in [1.82, 2.24) is 4.98 Å². The normalized spacial score (nSPS) is 11.5. The summed E-state index contributed by atoms with van der Waals surface area (Å²) in [4.78, 5) is 3.87. The maximum atomic E-state index is 11.7. The summed E-state index contributed by atoms with van der Waals surface area (Å²) in [6.45, 7) is -1.21. The lowest BCUT2D eigenvalue weighted by Gasteiger charge is -2.10. The van der Waals surface area contributed by atoms with E-state index < -0.39 is 12.8 Å². The van der Waals surface area contributed by atoms with Crippen LogP contribution in [0, 0.1) is 0 Å². The third-order valence-electron chi connectivity index (χ3n) is 1.70. The summed E-state index contributed by atoms with van der Waals surface area (Å²) in [7, 11) is 0. The molecule has 0 fully saturated rings. The van der Waals surface area contributed by atoms with Crippen molar-refractivity contribution in [2.24, 2.45) is 0 Å². The molecule has 3 N–H and O–H groups in total. The third kappa shape index (κ3) is 5.60. The first-order valence-corrected chi connectivity index (χ1v) is 5.06. The molecule has 0 aliphatic carbocycles. The summed E-state index contributed by atoms with van der Waals surface area (Å²) >= 11 is 5.63. The minimum atomic E-state index is -4.31. The van der Waals surface area contributed by atoms with Crippen molar-refractivity contribution in [3.05, 3.63) is 17.3 Å². The second-order valence-corrected chi connectivity index (χ2v) is 3.55. The molecule has 1 heterocycles. The van der Waals surface area contributed by atoms with Crippen LogP contribution in [0.15, 0.2) is 12.1 Å². The molecule has 0 aliphatic heterocycles. The molecule has 0 aliphatic rings. The van der Waals surface area contributed by atoms with E-state index in [1.807, 2.05) is 0 Å². The van der Waals surface area contributed by atoms with Gasteiger partial charge < -0.3 is 15.8 Å². The molecule has 1 aromatic rings. The van der Waals surface area contributed by atoms with Gasteiger partial charge in [-0.05, 0) is 12.1 Å². The average molecular weight is 270 g/mol. The Morgan fingerprint density at radius 2 is 2.12 bits per heavy atom. The number of anilines is 2. The fraction of sp³-hybridized carbons (Fsp3) is 0.444. The van der Waals surface area contributed by atoms with Crippen LogP contribution in [0.1, 0.15) is 0 Å². The molecule has 0 amide bonds. The van der Waals surface area contributed by atoms with Crippen molar-refractivity contribution in [3.63, 3.8) is 0 Å². The van der Waals surface area contributed by atoms with E-state index in [-0.39, 0.29) is 18.3 Å². The zero-order valence-electron chi connectivity index (χ0n) is 8.72. The van der Waals surface area contributed by atoms with Crippen molar-refractivity contribution in [2.75, 3.05) is 30.8 Å². The molecule has 0 radical (unpaired) electrons. The largest absolute Gasteiger partial charge is 0.411 e. The van der Waals surface area contributed by atoms with Crippen LogP contribution in [-0.4, -0.2) is 30.9 Å². The fourth-order valence-corrected chi connectivity index (χ4v) is 1.16. The number of nitrogens with one attached hydrogen (secondary N) is 1. The first-order valence-electron chi connectivity index (χ1n) is 4.69. The number of pyridine rings is 1. The van der Waals surface area contributed by atoms with Crippen LogP contribution in [0.4, 0.5) is 24.7 Å². The molecular weight excluding hydrogens is 259 g/mol. The van der Waals surface area contributed by atoms with E-state index in [2.05, 4.69) is 15.0 Å². The van der Waals surface area contributed by atoms with Crippen LogP contribution in [0.3, 0.4) is 0 Å². The van der Waals surface area contributed by atoms with Crippen LogP contribution < -0.4 is 11.1 Å². The molecule has 8 heteroatoms. The molecule has 0 saturated heterocycles. The minimum absolute atomic E-state index is 0.104. The Bertz CT molecular complexity index is 373. The SMILES string of the molecule is Nc1ccc(Cl)nc1NCCOCC(F)(F)F. The smallest absolute Gasteiger partial charge is 0.396 e. The van der Waals surface area contributed by atoms with E-state index in [1.54, 1.807) is 6.07 Å². The Balaban J connectivity index is 2.29. The molecular formula is C9H11ClF3N3O. The quantitative estimate of drug-likeness (QED) is 0.636. The Morgan fingerprint density at radius 3 is 2.76 bits per heavy atom. The molecule has 0 spiro atoms. The van der Waals surface area contributed by atoms with E-state index in [0.29, 0.717) is 11.5 Å². The first kappa shape index (κ1) is 13.9. The molecule has 96 valence electrons. The van der Waals surface area contributed by atoms with Gasteiger partial charge in [-0.3, -0.25) is 0 Å². The van der Waals surface area contributed by atoms with Crippen LogP contribution >= 0.6 is 11.6 Å². The molecule has 0 saturated carbocycles. The summed E-state index contributed by atoms with van der Waals surface area (Å²) < 4.78 is 39.6. The molecule has 0 aromatic carbocycles. The maximum absolute atomic E-state index is 11.7. The average Bonchev–Trinajstić information content (AvgIpc) is 2.21. The van der Waals surface area contributed by atoms with Crippen LogP contribution in [0.5, 0.6) is 0 Å². The number of nitrogen functional groups attached to an aromatic ring is 1. The molecule has 0 unspecified atom stereocenters. The molecule has 0 atom stereocenters. The van der Waals surface area contributed by atoms with E-state index in [0.717, 1.165) is 0 Å². The molecule has 4 nitrogen and oxygen atoms in total. The van der Waals surface area contributed by atoms with Crippen molar-refractivity contribution in [3.8, 4) is 0 Å². The lowest BCUT2D eigenvalue weighted by atomic mass is 10.4. The summed E-state index contributed by atoms with van der Waals surface area (Å²) in [6.07, 6.45) is -4.31. The molecule has 1 rings (SSSR count). The number of alkyl halides is 3. The van der Waals surface area contributed by atoms with E-state index in [1.165, 1.54) is 6.07 Å². The van der Waals surface area contributed by atoms with Crippen molar-refractivity contribution >= 4 is 23.1 Å². The molecule has 0 bridgehead atoms. The van der Waals surface area contributed by atoms with Gasteiger partial charge in [0.15, 0.2) is 5.82 Å². The molecule has 17 heavy (non-hydrogen) atoms. The van der Waals surface area contributed by atoms with Gasteiger partial charge in [0.25, 0.3) is 0 Å².